The number of hydrogen-bond acceptors (Lipinski definition) is 4. The van der Waals surface area contributed by atoms with E-state index in [1.54, 1.807) is 42.6 Å². The van der Waals surface area contributed by atoms with Crippen LogP contribution in [0.15, 0.2) is 54.7 Å². The minimum absolute atomic E-state index is 0.191. The average molecular weight is 368 g/mol. The Balaban J connectivity index is 1.77. The van der Waals surface area contributed by atoms with Crippen LogP contribution >= 0.6 is 0 Å². The monoisotopic (exact) mass is 368 g/mol. The highest BCUT2D eigenvalue weighted by molar-refractivity contribution is 6.03. The van der Waals surface area contributed by atoms with Crippen molar-refractivity contribution >= 4 is 23.2 Å². The normalized spacial score (nSPS) is 10.3. The van der Waals surface area contributed by atoms with E-state index in [-0.39, 0.29) is 17.4 Å². The third kappa shape index (κ3) is 4.30. The molecule has 27 heavy (non-hydrogen) atoms. The molecule has 0 saturated heterocycles. The molecule has 2 aromatic carbocycles. The Bertz CT molecular complexity index is 983. The SMILES string of the molecule is COc1ccc(NC(=O)c2ccn(-c3ccc(F)cc3)n2)cc1NC(C)=O. The van der Waals surface area contributed by atoms with Gasteiger partial charge in [-0.3, -0.25) is 9.59 Å². The molecular formula is C19H17FN4O3. The van der Waals surface area contributed by atoms with Crippen molar-refractivity contribution in [1.29, 1.82) is 0 Å². The van der Waals surface area contributed by atoms with E-state index in [1.165, 1.54) is 30.8 Å². The van der Waals surface area contributed by atoms with Crippen LogP contribution in [-0.4, -0.2) is 28.7 Å². The van der Waals surface area contributed by atoms with Crippen LogP contribution in [0.3, 0.4) is 0 Å². The fraction of sp³-hybridized carbons (Fsp3) is 0.105. The summed E-state index contributed by atoms with van der Waals surface area (Å²) in [4.78, 5) is 23.7. The van der Waals surface area contributed by atoms with Crippen LogP contribution in [0.2, 0.25) is 0 Å². The van der Waals surface area contributed by atoms with Crippen LogP contribution in [0.5, 0.6) is 5.75 Å². The molecule has 0 aliphatic heterocycles. The molecule has 8 heteroatoms. The minimum atomic E-state index is -0.421. The quantitative estimate of drug-likeness (QED) is 0.724. The predicted molar refractivity (Wildman–Crippen MR) is 98.8 cm³/mol. The zero-order chi connectivity index (χ0) is 19.4. The van der Waals surface area contributed by atoms with Crippen molar-refractivity contribution in [1.82, 2.24) is 9.78 Å². The molecule has 0 spiro atoms. The van der Waals surface area contributed by atoms with Gasteiger partial charge in [-0.25, -0.2) is 9.07 Å². The zero-order valence-electron chi connectivity index (χ0n) is 14.7. The zero-order valence-corrected chi connectivity index (χ0v) is 14.7. The summed E-state index contributed by atoms with van der Waals surface area (Å²) in [6.45, 7) is 1.38. The molecule has 0 atom stereocenters. The molecule has 0 aliphatic carbocycles. The van der Waals surface area contributed by atoms with E-state index in [0.717, 1.165) is 0 Å². The first-order valence-corrected chi connectivity index (χ1v) is 8.05. The number of aromatic nitrogens is 2. The maximum atomic E-state index is 13.0. The molecule has 0 fully saturated rings. The summed E-state index contributed by atoms with van der Waals surface area (Å²) in [5.74, 6) is -0.549. The second-order valence-electron chi connectivity index (χ2n) is 5.67. The Labute approximate surface area is 154 Å². The first kappa shape index (κ1) is 18.1. The molecule has 7 nitrogen and oxygen atoms in total. The van der Waals surface area contributed by atoms with Gasteiger partial charge in [-0.15, -0.1) is 0 Å². The van der Waals surface area contributed by atoms with Gasteiger partial charge in [0.1, 0.15) is 11.6 Å². The molecule has 2 amide bonds. The summed E-state index contributed by atoms with van der Waals surface area (Å²) in [5, 5.41) is 9.56. The van der Waals surface area contributed by atoms with E-state index in [2.05, 4.69) is 15.7 Å². The molecule has 0 aliphatic rings. The number of anilines is 2. The van der Waals surface area contributed by atoms with E-state index < -0.39 is 5.91 Å². The second kappa shape index (κ2) is 7.69. The van der Waals surface area contributed by atoms with Crippen molar-refractivity contribution in [2.45, 2.75) is 6.92 Å². The highest BCUT2D eigenvalue weighted by Gasteiger charge is 2.13. The average Bonchev–Trinajstić information content (AvgIpc) is 3.12. The molecule has 0 saturated carbocycles. The number of hydrogen-bond donors (Lipinski definition) is 2. The number of rotatable bonds is 5. The lowest BCUT2D eigenvalue weighted by Crippen LogP contribution is -2.14. The summed E-state index contributed by atoms with van der Waals surface area (Å²) >= 11 is 0. The van der Waals surface area contributed by atoms with Gasteiger partial charge < -0.3 is 15.4 Å². The van der Waals surface area contributed by atoms with Crippen molar-refractivity contribution in [2.75, 3.05) is 17.7 Å². The number of carbonyl (C=O) groups is 2. The molecule has 0 bridgehead atoms. The van der Waals surface area contributed by atoms with Crippen LogP contribution in [0.1, 0.15) is 17.4 Å². The van der Waals surface area contributed by atoms with Crippen molar-refractivity contribution in [3.8, 4) is 11.4 Å². The maximum absolute atomic E-state index is 13.0. The Hall–Kier alpha value is -3.68. The lowest BCUT2D eigenvalue weighted by molar-refractivity contribution is -0.114. The van der Waals surface area contributed by atoms with E-state index >= 15 is 0 Å². The number of amides is 2. The summed E-state index contributed by atoms with van der Waals surface area (Å²) in [5.41, 5.74) is 1.74. The smallest absolute Gasteiger partial charge is 0.276 e. The van der Waals surface area contributed by atoms with E-state index in [9.17, 15) is 14.0 Å². The molecule has 2 N–H and O–H groups in total. The van der Waals surface area contributed by atoms with Crippen molar-refractivity contribution in [2.24, 2.45) is 0 Å². The Morgan fingerprint density at radius 2 is 1.81 bits per heavy atom. The molecule has 1 aromatic heterocycles. The number of benzene rings is 2. The minimum Gasteiger partial charge on any atom is -0.495 e. The largest absolute Gasteiger partial charge is 0.495 e. The van der Waals surface area contributed by atoms with Crippen LogP contribution in [0.25, 0.3) is 5.69 Å². The van der Waals surface area contributed by atoms with Crippen molar-refractivity contribution in [3.05, 3.63) is 66.2 Å². The van der Waals surface area contributed by atoms with Gasteiger partial charge in [-0.1, -0.05) is 0 Å². The van der Waals surface area contributed by atoms with Crippen molar-refractivity contribution < 1.29 is 18.7 Å². The highest BCUT2D eigenvalue weighted by Crippen LogP contribution is 2.28. The van der Waals surface area contributed by atoms with E-state index in [0.29, 0.717) is 22.8 Å². The van der Waals surface area contributed by atoms with Gasteiger partial charge in [0.2, 0.25) is 5.91 Å². The fourth-order valence-electron chi connectivity index (χ4n) is 2.45. The number of carbonyl (C=O) groups excluding carboxylic acids is 2. The summed E-state index contributed by atoms with van der Waals surface area (Å²) in [6.07, 6.45) is 1.61. The second-order valence-corrected chi connectivity index (χ2v) is 5.67. The van der Waals surface area contributed by atoms with Crippen LogP contribution in [0, 0.1) is 5.82 Å². The van der Waals surface area contributed by atoms with Gasteiger partial charge in [0.15, 0.2) is 5.69 Å². The predicted octanol–water partition coefficient (Wildman–Crippen LogP) is 3.23. The van der Waals surface area contributed by atoms with Gasteiger partial charge in [0.25, 0.3) is 5.91 Å². The number of methoxy groups -OCH3 is 1. The van der Waals surface area contributed by atoms with Gasteiger partial charge in [-0.2, -0.15) is 5.10 Å². The third-order valence-electron chi connectivity index (χ3n) is 3.68. The lowest BCUT2D eigenvalue weighted by atomic mass is 10.2. The Morgan fingerprint density at radius 1 is 1.07 bits per heavy atom. The first-order valence-electron chi connectivity index (χ1n) is 8.05. The van der Waals surface area contributed by atoms with Gasteiger partial charge >= 0.3 is 0 Å². The van der Waals surface area contributed by atoms with Gasteiger partial charge in [0.05, 0.1) is 18.5 Å². The molecular weight excluding hydrogens is 351 g/mol. The van der Waals surface area contributed by atoms with E-state index in [4.69, 9.17) is 4.74 Å². The van der Waals surface area contributed by atoms with E-state index in [1.807, 2.05) is 0 Å². The molecule has 3 rings (SSSR count). The standard InChI is InChI=1S/C19H17FN4O3/c1-12(25)21-17-11-14(5-8-18(17)27-2)22-19(26)16-9-10-24(23-16)15-6-3-13(20)4-7-15/h3-11H,1-2H3,(H,21,25)(H,22,26). The molecule has 3 aromatic rings. The number of ether oxygens (including phenoxy) is 1. The van der Waals surface area contributed by atoms with Crippen molar-refractivity contribution in [3.63, 3.8) is 0 Å². The molecule has 138 valence electrons. The Kier molecular flexibility index (Phi) is 5.16. The lowest BCUT2D eigenvalue weighted by Gasteiger charge is -2.11. The first-order chi connectivity index (χ1) is 13.0. The summed E-state index contributed by atoms with van der Waals surface area (Å²) < 4.78 is 19.7. The van der Waals surface area contributed by atoms with Gasteiger partial charge in [0, 0.05) is 18.8 Å². The number of nitrogens with one attached hydrogen (secondary N) is 2. The summed E-state index contributed by atoms with van der Waals surface area (Å²) in [6, 6.07) is 12.2. The molecule has 0 unspecified atom stereocenters. The van der Waals surface area contributed by atoms with Crippen LogP contribution in [0.4, 0.5) is 15.8 Å². The van der Waals surface area contributed by atoms with Gasteiger partial charge in [-0.05, 0) is 48.5 Å². The molecule has 0 radical (unpaired) electrons. The number of nitrogens with zero attached hydrogens (tertiary/aromatic N) is 2. The van der Waals surface area contributed by atoms with Crippen LogP contribution in [-0.2, 0) is 4.79 Å². The maximum Gasteiger partial charge on any atom is 0.276 e. The fourth-order valence-corrected chi connectivity index (χ4v) is 2.45. The van der Waals surface area contributed by atoms with Crippen LogP contribution < -0.4 is 15.4 Å². The summed E-state index contributed by atoms with van der Waals surface area (Å²) in [7, 11) is 1.49. The number of halogens is 1. The third-order valence-corrected chi connectivity index (χ3v) is 3.68. The molecule has 1 heterocycles. The highest BCUT2D eigenvalue weighted by atomic mass is 19.1. The topological polar surface area (TPSA) is 85.2 Å². The Morgan fingerprint density at radius 3 is 2.48 bits per heavy atom.